The molecule has 1 aromatic carbocycles. The van der Waals surface area contributed by atoms with Gasteiger partial charge < -0.3 is 5.11 Å². The first-order valence-corrected chi connectivity index (χ1v) is 6.69. The van der Waals surface area contributed by atoms with Crippen LogP contribution in [-0.2, 0) is 0 Å². The predicted octanol–water partition coefficient (Wildman–Crippen LogP) is 3.21. The SMILES string of the molecule is CCSCCC(CO)c1ccccc1C. The number of thioether (sulfide) groups is 1. The van der Waals surface area contributed by atoms with Gasteiger partial charge in [0, 0.05) is 12.5 Å². The number of rotatable bonds is 6. The maximum Gasteiger partial charge on any atom is 0.0500 e. The van der Waals surface area contributed by atoms with E-state index < -0.39 is 0 Å². The van der Waals surface area contributed by atoms with Crippen LogP contribution in [0.25, 0.3) is 0 Å². The summed E-state index contributed by atoms with van der Waals surface area (Å²) in [6.07, 6.45) is 1.07. The molecule has 0 aliphatic carbocycles. The zero-order chi connectivity index (χ0) is 11.1. The predicted molar refractivity (Wildman–Crippen MR) is 68.6 cm³/mol. The van der Waals surface area contributed by atoms with Crippen LogP contribution in [0.3, 0.4) is 0 Å². The van der Waals surface area contributed by atoms with E-state index >= 15 is 0 Å². The summed E-state index contributed by atoms with van der Waals surface area (Å²) in [5.74, 6) is 2.60. The number of aryl methyl sites for hydroxylation is 1. The molecule has 0 radical (unpaired) electrons. The van der Waals surface area contributed by atoms with Crippen LogP contribution in [-0.4, -0.2) is 23.2 Å². The summed E-state index contributed by atoms with van der Waals surface area (Å²) in [6.45, 7) is 4.55. The molecule has 0 aliphatic rings. The Morgan fingerprint density at radius 2 is 2.07 bits per heavy atom. The Bertz CT molecular complexity index is 286. The van der Waals surface area contributed by atoms with Crippen LogP contribution in [0.1, 0.15) is 30.4 Å². The molecule has 1 aromatic rings. The van der Waals surface area contributed by atoms with E-state index in [-0.39, 0.29) is 6.61 Å². The molecule has 84 valence electrons. The van der Waals surface area contributed by atoms with Crippen molar-refractivity contribution in [1.29, 1.82) is 0 Å². The molecule has 1 N–H and O–H groups in total. The summed E-state index contributed by atoms with van der Waals surface area (Å²) < 4.78 is 0. The van der Waals surface area contributed by atoms with Gasteiger partial charge in [-0.2, -0.15) is 11.8 Å². The quantitative estimate of drug-likeness (QED) is 0.749. The van der Waals surface area contributed by atoms with Gasteiger partial charge in [0.1, 0.15) is 0 Å². The molecule has 2 heteroatoms. The molecule has 1 atom stereocenters. The number of hydrogen-bond donors (Lipinski definition) is 1. The molecule has 0 heterocycles. The minimum absolute atomic E-state index is 0.259. The Labute approximate surface area is 96.9 Å². The van der Waals surface area contributed by atoms with Crippen molar-refractivity contribution in [3.8, 4) is 0 Å². The monoisotopic (exact) mass is 224 g/mol. The van der Waals surface area contributed by atoms with Gasteiger partial charge in [-0.25, -0.2) is 0 Å². The Morgan fingerprint density at radius 1 is 1.33 bits per heavy atom. The van der Waals surface area contributed by atoms with Crippen LogP contribution >= 0.6 is 11.8 Å². The van der Waals surface area contributed by atoms with Gasteiger partial charge in [-0.3, -0.25) is 0 Å². The van der Waals surface area contributed by atoms with Gasteiger partial charge >= 0.3 is 0 Å². The van der Waals surface area contributed by atoms with E-state index in [9.17, 15) is 5.11 Å². The lowest BCUT2D eigenvalue weighted by Crippen LogP contribution is -2.07. The molecule has 0 spiro atoms. The van der Waals surface area contributed by atoms with Crippen molar-refractivity contribution in [3.05, 3.63) is 35.4 Å². The molecule has 0 bridgehead atoms. The fourth-order valence-electron chi connectivity index (χ4n) is 1.76. The van der Waals surface area contributed by atoms with Crippen molar-refractivity contribution >= 4 is 11.8 Å². The van der Waals surface area contributed by atoms with Gasteiger partial charge in [0.15, 0.2) is 0 Å². The van der Waals surface area contributed by atoms with Crippen molar-refractivity contribution in [2.24, 2.45) is 0 Å². The van der Waals surface area contributed by atoms with E-state index in [1.54, 1.807) is 0 Å². The normalized spacial score (nSPS) is 12.7. The Hall–Kier alpha value is -0.470. The van der Waals surface area contributed by atoms with Crippen molar-refractivity contribution < 1.29 is 5.11 Å². The Kier molecular flexibility index (Phi) is 5.81. The molecule has 0 saturated carbocycles. The fraction of sp³-hybridized carbons (Fsp3) is 0.538. The third-order valence-corrected chi connectivity index (χ3v) is 3.60. The summed E-state index contributed by atoms with van der Waals surface area (Å²) >= 11 is 1.94. The summed E-state index contributed by atoms with van der Waals surface area (Å²) in [4.78, 5) is 0. The fourth-order valence-corrected chi connectivity index (χ4v) is 2.50. The highest BCUT2D eigenvalue weighted by Gasteiger charge is 2.11. The van der Waals surface area contributed by atoms with Gasteiger partial charge in [0.05, 0.1) is 0 Å². The summed E-state index contributed by atoms with van der Waals surface area (Å²) in [5.41, 5.74) is 2.59. The van der Waals surface area contributed by atoms with E-state index in [1.165, 1.54) is 11.1 Å². The van der Waals surface area contributed by atoms with Gasteiger partial charge in [0.2, 0.25) is 0 Å². The zero-order valence-corrected chi connectivity index (χ0v) is 10.4. The third-order valence-electron chi connectivity index (χ3n) is 2.66. The lowest BCUT2D eigenvalue weighted by molar-refractivity contribution is 0.262. The van der Waals surface area contributed by atoms with Crippen molar-refractivity contribution in [2.75, 3.05) is 18.1 Å². The van der Waals surface area contributed by atoms with Gasteiger partial charge in [-0.1, -0.05) is 31.2 Å². The molecule has 1 unspecified atom stereocenters. The summed E-state index contributed by atoms with van der Waals surface area (Å²) in [5, 5.41) is 9.39. The molecule has 0 fully saturated rings. The highest BCUT2D eigenvalue weighted by molar-refractivity contribution is 7.99. The van der Waals surface area contributed by atoms with Crippen molar-refractivity contribution in [3.63, 3.8) is 0 Å². The second-order valence-corrected chi connectivity index (χ2v) is 5.12. The number of aliphatic hydroxyl groups excluding tert-OH is 1. The Morgan fingerprint density at radius 3 is 2.67 bits per heavy atom. The minimum atomic E-state index is 0.259. The van der Waals surface area contributed by atoms with E-state index in [0.29, 0.717) is 5.92 Å². The lowest BCUT2D eigenvalue weighted by Gasteiger charge is -2.16. The zero-order valence-electron chi connectivity index (χ0n) is 9.57. The van der Waals surface area contributed by atoms with Crippen LogP contribution in [0.5, 0.6) is 0 Å². The molecule has 1 nitrogen and oxygen atoms in total. The molecule has 1 rings (SSSR count). The van der Waals surface area contributed by atoms with Crippen LogP contribution < -0.4 is 0 Å². The second-order valence-electron chi connectivity index (χ2n) is 3.72. The van der Waals surface area contributed by atoms with Gasteiger partial charge in [-0.05, 0) is 36.0 Å². The van der Waals surface area contributed by atoms with Crippen LogP contribution in [0.15, 0.2) is 24.3 Å². The minimum Gasteiger partial charge on any atom is -0.396 e. The highest BCUT2D eigenvalue weighted by atomic mass is 32.2. The molecule has 0 saturated heterocycles. The number of aliphatic hydroxyl groups is 1. The Balaban J connectivity index is 2.61. The largest absolute Gasteiger partial charge is 0.396 e. The van der Waals surface area contributed by atoms with Crippen molar-refractivity contribution in [2.45, 2.75) is 26.2 Å². The highest BCUT2D eigenvalue weighted by Crippen LogP contribution is 2.24. The maximum atomic E-state index is 9.39. The van der Waals surface area contributed by atoms with Gasteiger partial charge in [0.25, 0.3) is 0 Å². The van der Waals surface area contributed by atoms with Crippen LogP contribution in [0.2, 0.25) is 0 Å². The smallest absolute Gasteiger partial charge is 0.0500 e. The molecule has 0 aromatic heterocycles. The molecular weight excluding hydrogens is 204 g/mol. The third kappa shape index (κ3) is 3.88. The molecule has 0 amide bonds. The van der Waals surface area contributed by atoms with E-state index in [1.807, 2.05) is 17.8 Å². The first kappa shape index (κ1) is 12.6. The average Bonchev–Trinajstić information content (AvgIpc) is 2.26. The summed E-state index contributed by atoms with van der Waals surface area (Å²) in [7, 11) is 0. The second kappa shape index (κ2) is 6.91. The van der Waals surface area contributed by atoms with Gasteiger partial charge in [-0.15, -0.1) is 0 Å². The number of hydrogen-bond acceptors (Lipinski definition) is 2. The lowest BCUT2D eigenvalue weighted by atomic mass is 9.93. The number of benzene rings is 1. The average molecular weight is 224 g/mol. The first-order valence-electron chi connectivity index (χ1n) is 5.53. The van der Waals surface area contributed by atoms with Crippen molar-refractivity contribution in [1.82, 2.24) is 0 Å². The molecule has 0 aliphatic heterocycles. The first-order chi connectivity index (χ1) is 7.29. The maximum absolute atomic E-state index is 9.39. The van der Waals surface area contributed by atoms with E-state index in [4.69, 9.17) is 0 Å². The topological polar surface area (TPSA) is 20.2 Å². The molecular formula is C13H20OS. The van der Waals surface area contributed by atoms with Crippen LogP contribution in [0.4, 0.5) is 0 Å². The van der Waals surface area contributed by atoms with E-state index in [0.717, 1.165) is 17.9 Å². The van der Waals surface area contributed by atoms with E-state index in [2.05, 4.69) is 32.0 Å². The standard InChI is InChI=1S/C13H20OS/c1-3-15-9-8-12(10-14)13-7-5-4-6-11(13)2/h4-7,12,14H,3,8-10H2,1-2H3. The molecule has 15 heavy (non-hydrogen) atoms. The van der Waals surface area contributed by atoms with Crippen LogP contribution in [0, 0.1) is 6.92 Å². The summed E-state index contributed by atoms with van der Waals surface area (Å²) in [6, 6.07) is 8.35.